The average Bonchev–Trinajstić information content (AvgIpc) is 2.66. The van der Waals surface area contributed by atoms with Gasteiger partial charge in [-0.15, -0.1) is 0 Å². The summed E-state index contributed by atoms with van der Waals surface area (Å²) < 4.78 is 9.16. The highest BCUT2D eigenvalue weighted by molar-refractivity contribution is 6.04. The van der Waals surface area contributed by atoms with Crippen molar-refractivity contribution in [3.63, 3.8) is 0 Å². The fourth-order valence-corrected chi connectivity index (χ4v) is 2.54. The Hall–Kier alpha value is -3.61. The van der Waals surface area contributed by atoms with Gasteiger partial charge in [0, 0.05) is 16.9 Å². The summed E-state index contributed by atoms with van der Waals surface area (Å²) in [6.07, 6.45) is 0.993. The van der Waals surface area contributed by atoms with Crippen molar-refractivity contribution in [3.05, 3.63) is 70.9 Å². The molecular formula is C21H22N2O5. The maximum absolute atomic E-state index is 12.4. The molecule has 0 unspecified atom stereocenters. The van der Waals surface area contributed by atoms with Crippen molar-refractivity contribution in [3.8, 4) is 0 Å². The standard InChI is InChI=1S/C21H22N2O5/c1-13-9-14(2)11-17(10-13)23-20(25)15-5-7-16(8-6-15)22-18(21(26)28-4)12-19(24)27-3/h5-12,22H,1-4H3,(H,23,25)/b18-12+. The van der Waals surface area contributed by atoms with E-state index in [1.54, 1.807) is 24.3 Å². The lowest BCUT2D eigenvalue weighted by Gasteiger charge is -2.10. The number of carbonyl (C=O) groups is 3. The number of carbonyl (C=O) groups excluding carboxylic acids is 3. The Morgan fingerprint density at radius 3 is 1.96 bits per heavy atom. The lowest BCUT2D eigenvalue weighted by Crippen LogP contribution is -2.16. The Kier molecular flexibility index (Phi) is 6.92. The van der Waals surface area contributed by atoms with E-state index in [1.807, 2.05) is 32.0 Å². The van der Waals surface area contributed by atoms with Gasteiger partial charge in [-0.3, -0.25) is 4.79 Å². The number of anilines is 2. The summed E-state index contributed by atoms with van der Waals surface area (Å²) in [7, 11) is 2.41. The molecule has 0 fully saturated rings. The molecule has 146 valence electrons. The van der Waals surface area contributed by atoms with Gasteiger partial charge in [0.25, 0.3) is 5.91 Å². The molecule has 0 heterocycles. The number of rotatable bonds is 6. The maximum atomic E-state index is 12.4. The Bertz CT molecular complexity index is 897. The Balaban J connectivity index is 2.13. The predicted molar refractivity (Wildman–Crippen MR) is 106 cm³/mol. The molecule has 0 spiro atoms. The number of amides is 1. The van der Waals surface area contributed by atoms with Gasteiger partial charge in [-0.2, -0.15) is 0 Å². The third kappa shape index (κ3) is 5.70. The summed E-state index contributed by atoms with van der Waals surface area (Å²) in [5, 5.41) is 5.63. The van der Waals surface area contributed by atoms with Gasteiger partial charge in [-0.25, -0.2) is 9.59 Å². The summed E-state index contributed by atoms with van der Waals surface area (Å²) in [5.41, 5.74) is 3.70. The Labute approximate surface area is 163 Å². The molecule has 0 saturated carbocycles. The van der Waals surface area contributed by atoms with E-state index in [2.05, 4.69) is 20.1 Å². The first-order valence-corrected chi connectivity index (χ1v) is 8.47. The van der Waals surface area contributed by atoms with Crippen LogP contribution in [0, 0.1) is 13.8 Å². The summed E-state index contributed by atoms with van der Waals surface area (Å²) in [6.45, 7) is 3.92. The van der Waals surface area contributed by atoms with E-state index in [4.69, 9.17) is 0 Å². The predicted octanol–water partition coefficient (Wildman–Crippen LogP) is 3.20. The number of esters is 2. The van der Waals surface area contributed by atoms with Crippen LogP contribution in [0.2, 0.25) is 0 Å². The van der Waals surface area contributed by atoms with Crippen molar-refractivity contribution in [2.45, 2.75) is 13.8 Å². The zero-order valence-electron chi connectivity index (χ0n) is 16.2. The summed E-state index contributed by atoms with van der Waals surface area (Å²) >= 11 is 0. The van der Waals surface area contributed by atoms with Crippen molar-refractivity contribution >= 4 is 29.2 Å². The first-order chi connectivity index (χ1) is 13.3. The van der Waals surface area contributed by atoms with Gasteiger partial charge in [-0.1, -0.05) is 6.07 Å². The van der Waals surface area contributed by atoms with Crippen LogP contribution < -0.4 is 10.6 Å². The topological polar surface area (TPSA) is 93.7 Å². The van der Waals surface area contributed by atoms with Crippen molar-refractivity contribution in [1.82, 2.24) is 0 Å². The maximum Gasteiger partial charge on any atom is 0.354 e. The molecule has 0 aliphatic rings. The zero-order valence-corrected chi connectivity index (χ0v) is 16.2. The van der Waals surface area contributed by atoms with E-state index in [1.165, 1.54) is 14.2 Å². The molecule has 0 bridgehead atoms. The smallest absolute Gasteiger partial charge is 0.354 e. The molecule has 0 aliphatic carbocycles. The molecule has 0 radical (unpaired) electrons. The third-order valence-corrected chi connectivity index (χ3v) is 3.77. The SMILES string of the molecule is COC(=O)/C=C(/Nc1ccc(C(=O)Nc2cc(C)cc(C)c2)cc1)C(=O)OC. The third-order valence-electron chi connectivity index (χ3n) is 3.77. The van der Waals surface area contributed by atoms with Crippen LogP contribution in [0.4, 0.5) is 11.4 Å². The van der Waals surface area contributed by atoms with Gasteiger partial charge >= 0.3 is 11.9 Å². The van der Waals surface area contributed by atoms with E-state index in [-0.39, 0.29) is 11.6 Å². The second-order valence-electron chi connectivity index (χ2n) is 6.11. The number of benzene rings is 2. The molecule has 2 aromatic carbocycles. The minimum atomic E-state index is -0.720. The van der Waals surface area contributed by atoms with Gasteiger partial charge in [0.2, 0.25) is 0 Å². The highest BCUT2D eigenvalue weighted by Gasteiger charge is 2.13. The number of methoxy groups -OCH3 is 2. The lowest BCUT2D eigenvalue weighted by atomic mass is 10.1. The second-order valence-corrected chi connectivity index (χ2v) is 6.11. The number of hydrogen-bond acceptors (Lipinski definition) is 6. The summed E-state index contributed by atoms with van der Waals surface area (Å²) in [6, 6.07) is 12.2. The van der Waals surface area contributed by atoms with Gasteiger partial charge < -0.3 is 20.1 Å². The van der Waals surface area contributed by atoms with Crippen molar-refractivity contribution < 1.29 is 23.9 Å². The first kappa shape index (κ1) is 20.7. The van der Waals surface area contributed by atoms with Crippen LogP contribution in [0.3, 0.4) is 0 Å². The summed E-state index contributed by atoms with van der Waals surface area (Å²) in [5.74, 6) is -1.67. The highest BCUT2D eigenvalue weighted by atomic mass is 16.5. The molecule has 2 rings (SSSR count). The average molecular weight is 382 g/mol. The number of nitrogens with one attached hydrogen (secondary N) is 2. The van der Waals surface area contributed by atoms with Crippen LogP contribution in [0.5, 0.6) is 0 Å². The van der Waals surface area contributed by atoms with Gasteiger partial charge in [0.1, 0.15) is 5.70 Å². The molecule has 28 heavy (non-hydrogen) atoms. The monoisotopic (exact) mass is 382 g/mol. The summed E-state index contributed by atoms with van der Waals surface area (Å²) in [4.78, 5) is 35.6. The minimum absolute atomic E-state index is 0.0817. The van der Waals surface area contributed by atoms with Crippen LogP contribution in [-0.2, 0) is 19.1 Å². The van der Waals surface area contributed by atoms with Crippen LogP contribution in [0.1, 0.15) is 21.5 Å². The number of hydrogen-bond donors (Lipinski definition) is 2. The highest BCUT2D eigenvalue weighted by Crippen LogP contribution is 2.17. The molecule has 0 atom stereocenters. The molecule has 7 heteroatoms. The van der Waals surface area contributed by atoms with E-state index < -0.39 is 11.9 Å². The lowest BCUT2D eigenvalue weighted by molar-refractivity contribution is -0.138. The van der Waals surface area contributed by atoms with Crippen LogP contribution in [-0.4, -0.2) is 32.1 Å². The van der Waals surface area contributed by atoms with Gasteiger partial charge in [-0.05, 0) is 61.4 Å². The molecule has 0 aliphatic heterocycles. The molecule has 0 aromatic heterocycles. The fraction of sp³-hybridized carbons (Fsp3) is 0.190. The van der Waals surface area contributed by atoms with Crippen molar-refractivity contribution in [1.29, 1.82) is 0 Å². The van der Waals surface area contributed by atoms with E-state index in [0.717, 1.165) is 22.9 Å². The largest absolute Gasteiger partial charge is 0.466 e. The quantitative estimate of drug-likeness (QED) is 0.589. The van der Waals surface area contributed by atoms with E-state index >= 15 is 0 Å². The zero-order chi connectivity index (χ0) is 20.7. The Morgan fingerprint density at radius 1 is 0.821 bits per heavy atom. The van der Waals surface area contributed by atoms with Gasteiger partial charge in [0.15, 0.2) is 0 Å². The fourth-order valence-electron chi connectivity index (χ4n) is 2.54. The van der Waals surface area contributed by atoms with E-state index in [9.17, 15) is 14.4 Å². The number of aryl methyl sites for hydroxylation is 2. The van der Waals surface area contributed by atoms with Crippen LogP contribution >= 0.6 is 0 Å². The molecule has 2 aromatic rings. The Morgan fingerprint density at radius 2 is 1.43 bits per heavy atom. The van der Waals surface area contributed by atoms with Crippen molar-refractivity contribution in [2.75, 3.05) is 24.9 Å². The van der Waals surface area contributed by atoms with Crippen LogP contribution in [0.25, 0.3) is 0 Å². The van der Waals surface area contributed by atoms with Gasteiger partial charge in [0.05, 0.1) is 20.3 Å². The molecule has 1 amide bonds. The number of ether oxygens (including phenoxy) is 2. The molecule has 2 N–H and O–H groups in total. The van der Waals surface area contributed by atoms with Crippen LogP contribution in [0.15, 0.2) is 54.2 Å². The van der Waals surface area contributed by atoms with Crippen molar-refractivity contribution in [2.24, 2.45) is 0 Å². The first-order valence-electron chi connectivity index (χ1n) is 8.47. The molecule has 7 nitrogen and oxygen atoms in total. The minimum Gasteiger partial charge on any atom is -0.466 e. The normalized spacial score (nSPS) is 10.8. The molecular weight excluding hydrogens is 360 g/mol. The van der Waals surface area contributed by atoms with E-state index in [0.29, 0.717) is 11.3 Å². The second kappa shape index (κ2) is 9.36. The molecule has 0 saturated heterocycles.